The first kappa shape index (κ1) is 19.2. The van der Waals surface area contributed by atoms with E-state index in [0.717, 1.165) is 16.6 Å². The van der Waals surface area contributed by atoms with Gasteiger partial charge in [-0.3, -0.25) is 4.57 Å². The standard InChI is InChI=1S/C19H22N6O3/c1-11(2)24-19(26)25-12(3)7-13-8-14(5-6-16(13)25)28-18-15(9-23-27-4)17(20)21-10-22-18/h5-11H,1-4H3,(H,24,26)(H2,20,21,22). The molecule has 0 aliphatic heterocycles. The Bertz CT molecular complexity index is 1040. The zero-order valence-electron chi connectivity index (χ0n) is 16.1. The zero-order chi connectivity index (χ0) is 20.3. The van der Waals surface area contributed by atoms with Crippen LogP contribution in [-0.4, -0.2) is 39.9 Å². The van der Waals surface area contributed by atoms with Crippen molar-refractivity contribution in [1.29, 1.82) is 0 Å². The second kappa shape index (κ2) is 7.95. The van der Waals surface area contributed by atoms with Gasteiger partial charge >= 0.3 is 6.03 Å². The number of amides is 1. The molecule has 2 aromatic heterocycles. The van der Waals surface area contributed by atoms with Gasteiger partial charge in [-0.05, 0) is 45.0 Å². The van der Waals surface area contributed by atoms with Gasteiger partial charge in [0.05, 0.1) is 11.7 Å². The zero-order valence-corrected chi connectivity index (χ0v) is 16.1. The number of nitrogen functional groups attached to an aromatic ring is 1. The fourth-order valence-corrected chi connectivity index (χ4v) is 2.79. The van der Waals surface area contributed by atoms with Crippen LogP contribution >= 0.6 is 0 Å². The van der Waals surface area contributed by atoms with Crippen molar-refractivity contribution >= 4 is 29.0 Å². The number of anilines is 1. The number of benzene rings is 1. The summed E-state index contributed by atoms with van der Waals surface area (Å²) in [4.78, 5) is 25.2. The molecule has 0 fully saturated rings. The Morgan fingerprint density at radius 3 is 2.82 bits per heavy atom. The first-order valence-corrected chi connectivity index (χ1v) is 8.68. The van der Waals surface area contributed by atoms with Crippen LogP contribution in [0.25, 0.3) is 10.9 Å². The number of nitrogens with zero attached hydrogens (tertiary/aromatic N) is 4. The van der Waals surface area contributed by atoms with Crippen LogP contribution in [0.3, 0.4) is 0 Å². The average Bonchev–Trinajstić information content (AvgIpc) is 2.95. The number of oxime groups is 1. The molecule has 0 aliphatic carbocycles. The maximum Gasteiger partial charge on any atom is 0.326 e. The number of ether oxygens (including phenoxy) is 1. The molecule has 2 heterocycles. The van der Waals surface area contributed by atoms with Gasteiger partial charge in [-0.1, -0.05) is 5.16 Å². The summed E-state index contributed by atoms with van der Waals surface area (Å²) >= 11 is 0. The van der Waals surface area contributed by atoms with Gasteiger partial charge in [0, 0.05) is 17.1 Å². The molecule has 1 amide bonds. The molecular formula is C19H22N6O3. The summed E-state index contributed by atoms with van der Waals surface area (Å²) in [6.07, 6.45) is 2.70. The lowest BCUT2D eigenvalue weighted by molar-refractivity contribution is 0.215. The fourth-order valence-electron chi connectivity index (χ4n) is 2.79. The van der Waals surface area contributed by atoms with Crippen molar-refractivity contribution in [2.45, 2.75) is 26.8 Å². The number of nitrogens with two attached hydrogens (primary N) is 1. The van der Waals surface area contributed by atoms with Gasteiger partial charge in [0.25, 0.3) is 0 Å². The molecule has 9 heteroatoms. The van der Waals surface area contributed by atoms with Crippen molar-refractivity contribution in [2.75, 3.05) is 12.8 Å². The lowest BCUT2D eigenvalue weighted by Crippen LogP contribution is -2.34. The Balaban J connectivity index is 1.96. The van der Waals surface area contributed by atoms with E-state index in [1.54, 1.807) is 10.6 Å². The van der Waals surface area contributed by atoms with E-state index in [2.05, 4.69) is 20.4 Å². The molecule has 9 nitrogen and oxygen atoms in total. The van der Waals surface area contributed by atoms with Gasteiger partial charge in [-0.2, -0.15) is 0 Å². The van der Waals surface area contributed by atoms with Crippen molar-refractivity contribution in [3.63, 3.8) is 0 Å². The van der Waals surface area contributed by atoms with Crippen molar-refractivity contribution < 1.29 is 14.4 Å². The summed E-state index contributed by atoms with van der Waals surface area (Å²) < 4.78 is 7.52. The van der Waals surface area contributed by atoms with E-state index >= 15 is 0 Å². The molecule has 0 bridgehead atoms. The minimum absolute atomic E-state index is 0.0439. The molecule has 1 aromatic carbocycles. The summed E-state index contributed by atoms with van der Waals surface area (Å²) in [5.41, 5.74) is 7.90. The van der Waals surface area contributed by atoms with E-state index in [1.807, 2.05) is 39.0 Å². The topological polar surface area (TPSA) is 117 Å². The minimum atomic E-state index is -0.169. The fraction of sp³-hybridized carbons (Fsp3) is 0.263. The number of hydrogen-bond acceptors (Lipinski definition) is 7. The third-order valence-electron chi connectivity index (χ3n) is 3.95. The van der Waals surface area contributed by atoms with Crippen LogP contribution in [0.4, 0.5) is 10.6 Å². The van der Waals surface area contributed by atoms with Gasteiger partial charge in [0.1, 0.15) is 30.6 Å². The van der Waals surface area contributed by atoms with Crippen molar-refractivity contribution in [3.05, 3.63) is 41.9 Å². The quantitative estimate of drug-likeness (QED) is 0.517. The maximum absolute atomic E-state index is 12.5. The van der Waals surface area contributed by atoms with Crippen LogP contribution in [0.1, 0.15) is 25.1 Å². The Morgan fingerprint density at radius 2 is 2.11 bits per heavy atom. The van der Waals surface area contributed by atoms with Crippen molar-refractivity contribution in [2.24, 2.45) is 5.16 Å². The van der Waals surface area contributed by atoms with Gasteiger partial charge < -0.3 is 20.6 Å². The average molecular weight is 382 g/mol. The molecule has 3 N–H and O–H groups in total. The number of aryl methyl sites for hydroxylation is 1. The molecule has 0 saturated heterocycles. The molecule has 146 valence electrons. The molecule has 0 atom stereocenters. The number of carbonyl (C=O) groups is 1. The predicted octanol–water partition coefficient (Wildman–Crippen LogP) is 3.06. The van der Waals surface area contributed by atoms with E-state index in [-0.39, 0.29) is 23.8 Å². The predicted molar refractivity (Wildman–Crippen MR) is 107 cm³/mol. The highest BCUT2D eigenvalue weighted by Crippen LogP contribution is 2.29. The van der Waals surface area contributed by atoms with Crippen LogP contribution in [0, 0.1) is 6.92 Å². The molecule has 3 aromatic rings. The normalized spacial score (nSPS) is 11.3. The lowest BCUT2D eigenvalue weighted by atomic mass is 10.2. The smallest absolute Gasteiger partial charge is 0.326 e. The lowest BCUT2D eigenvalue weighted by Gasteiger charge is -2.12. The molecule has 0 radical (unpaired) electrons. The highest BCUT2D eigenvalue weighted by atomic mass is 16.6. The molecule has 3 rings (SSSR count). The molecular weight excluding hydrogens is 360 g/mol. The summed E-state index contributed by atoms with van der Waals surface area (Å²) in [6, 6.07) is 7.21. The molecule has 0 saturated carbocycles. The Kier molecular flexibility index (Phi) is 5.44. The van der Waals surface area contributed by atoms with Crippen LogP contribution in [0.15, 0.2) is 35.7 Å². The largest absolute Gasteiger partial charge is 0.438 e. The van der Waals surface area contributed by atoms with E-state index in [4.69, 9.17) is 15.3 Å². The molecule has 0 unspecified atom stereocenters. The third kappa shape index (κ3) is 3.88. The maximum atomic E-state index is 12.5. The summed E-state index contributed by atoms with van der Waals surface area (Å²) in [6.45, 7) is 5.72. The first-order valence-electron chi connectivity index (χ1n) is 8.68. The van der Waals surface area contributed by atoms with Gasteiger partial charge in [-0.25, -0.2) is 14.8 Å². The molecule has 28 heavy (non-hydrogen) atoms. The second-order valence-electron chi connectivity index (χ2n) is 6.44. The van der Waals surface area contributed by atoms with Crippen molar-refractivity contribution in [1.82, 2.24) is 19.9 Å². The Morgan fingerprint density at radius 1 is 1.32 bits per heavy atom. The number of fused-ring (bicyclic) bond motifs is 1. The third-order valence-corrected chi connectivity index (χ3v) is 3.95. The second-order valence-corrected chi connectivity index (χ2v) is 6.44. The van der Waals surface area contributed by atoms with E-state index in [9.17, 15) is 4.79 Å². The van der Waals surface area contributed by atoms with Gasteiger partial charge in [-0.15, -0.1) is 0 Å². The van der Waals surface area contributed by atoms with E-state index < -0.39 is 0 Å². The number of hydrogen-bond donors (Lipinski definition) is 2. The number of nitrogens with one attached hydrogen (secondary N) is 1. The summed E-state index contributed by atoms with van der Waals surface area (Å²) in [7, 11) is 1.42. The number of rotatable bonds is 5. The molecule has 0 spiro atoms. The minimum Gasteiger partial charge on any atom is -0.438 e. The monoisotopic (exact) mass is 382 g/mol. The Labute approximate surface area is 162 Å². The number of aromatic nitrogens is 3. The van der Waals surface area contributed by atoms with Crippen molar-refractivity contribution in [3.8, 4) is 11.6 Å². The van der Waals surface area contributed by atoms with Crippen LogP contribution in [0.5, 0.6) is 11.6 Å². The summed E-state index contributed by atoms with van der Waals surface area (Å²) in [5, 5.41) is 7.47. The van der Waals surface area contributed by atoms with E-state index in [1.165, 1.54) is 19.7 Å². The summed E-state index contributed by atoms with van der Waals surface area (Å²) in [5.74, 6) is 1.01. The van der Waals surface area contributed by atoms with E-state index in [0.29, 0.717) is 11.3 Å². The van der Waals surface area contributed by atoms with Crippen LogP contribution in [0.2, 0.25) is 0 Å². The highest BCUT2D eigenvalue weighted by molar-refractivity contribution is 5.94. The van der Waals surface area contributed by atoms with Crippen LogP contribution in [-0.2, 0) is 4.84 Å². The van der Waals surface area contributed by atoms with Gasteiger partial charge in [0.2, 0.25) is 5.88 Å². The first-order chi connectivity index (χ1) is 13.4. The molecule has 0 aliphatic rings. The Hall–Kier alpha value is -3.62. The SMILES string of the molecule is CON=Cc1c(N)ncnc1Oc1ccc2c(c1)cc(C)n2C(=O)NC(C)C. The van der Waals surface area contributed by atoms with Crippen LogP contribution < -0.4 is 15.8 Å². The number of carbonyl (C=O) groups excluding carboxylic acids is 1. The highest BCUT2D eigenvalue weighted by Gasteiger charge is 2.15. The van der Waals surface area contributed by atoms with Gasteiger partial charge in [0.15, 0.2) is 0 Å².